The van der Waals surface area contributed by atoms with Crippen LogP contribution in [0.5, 0.6) is 0 Å². The molecule has 0 atom stereocenters. The predicted octanol–water partition coefficient (Wildman–Crippen LogP) is 2.76. The van der Waals surface area contributed by atoms with Crippen molar-refractivity contribution in [1.82, 2.24) is 13.9 Å². The molecule has 3 rings (SSSR count). The first-order valence-corrected chi connectivity index (χ1v) is 8.69. The number of fused-ring (bicyclic) bond motifs is 1. The van der Waals surface area contributed by atoms with E-state index in [0.717, 1.165) is 11.1 Å². The van der Waals surface area contributed by atoms with Crippen molar-refractivity contribution in [2.75, 3.05) is 7.11 Å². The van der Waals surface area contributed by atoms with Gasteiger partial charge in [-0.05, 0) is 29.8 Å². The maximum atomic E-state index is 13.0. The fourth-order valence-corrected chi connectivity index (χ4v) is 4.07. The lowest BCUT2D eigenvalue weighted by molar-refractivity contribution is 0.0593. The third-order valence-electron chi connectivity index (χ3n) is 3.22. The first kappa shape index (κ1) is 16.7. The molecule has 0 aliphatic rings. The quantitative estimate of drug-likeness (QED) is 0.391. The molecule has 0 radical (unpaired) electrons. The molecule has 0 N–H and O–H groups in total. The monoisotopic (exact) mass is 385 g/mol. The number of hydrogen-bond acceptors (Lipinski definition) is 6. The third-order valence-corrected chi connectivity index (χ3v) is 5.40. The zero-order valence-corrected chi connectivity index (χ0v) is 14.4. The Morgan fingerprint density at radius 1 is 1.17 bits per heavy atom. The Hall–Kier alpha value is -2.16. The van der Waals surface area contributed by atoms with Crippen LogP contribution < -0.4 is 0 Å². The Kier molecular flexibility index (Phi) is 4.20. The lowest BCUT2D eigenvalue weighted by Gasteiger charge is -2.10. The van der Waals surface area contributed by atoms with Crippen molar-refractivity contribution >= 4 is 50.2 Å². The number of carbonyl (C=O) groups excluding carboxylic acids is 1. The Morgan fingerprint density at radius 2 is 1.83 bits per heavy atom. The number of ether oxygens (including phenoxy) is 1. The van der Waals surface area contributed by atoms with Crippen LogP contribution in [0.25, 0.3) is 11.0 Å². The van der Waals surface area contributed by atoms with Gasteiger partial charge in [-0.3, -0.25) is 0 Å². The molecule has 3 aromatic rings. The first-order chi connectivity index (χ1) is 11.4. The highest BCUT2D eigenvalue weighted by molar-refractivity contribution is 7.90. The topological polar surface area (TPSA) is 91.2 Å². The van der Waals surface area contributed by atoms with Crippen molar-refractivity contribution in [3.63, 3.8) is 0 Å². The molecule has 10 heteroatoms. The fraction of sp³-hybridized carbons (Fsp3) is 0.0714. The molecule has 0 bridgehead atoms. The van der Waals surface area contributed by atoms with Crippen molar-refractivity contribution in [2.24, 2.45) is 0 Å². The highest BCUT2D eigenvalue weighted by Gasteiger charge is 2.29. The molecule has 2 heterocycles. The highest BCUT2D eigenvalue weighted by atomic mass is 35.5. The number of rotatable bonds is 3. The van der Waals surface area contributed by atoms with Gasteiger partial charge in [0.15, 0.2) is 5.65 Å². The summed E-state index contributed by atoms with van der Waals surface area (Å²) >= 11 is 11.8. The number of esters is 1. The molecule has 2 aromatic heterocycles. The van der Waals surface area contributed by atoms with E-state index in [1.54, 1.807) is 18.2 Å². The number of halogens is 2. The lowest BCUT2D eigenvalue weighted by atomic mass is 10.4. The summed E-state index contributed by atoms with van der Waals surface area (Å²) in [4.78, 5) is 19.7. The summed E-state index contributed by atoms with van der Waals surface area (Å²) in [6, 6.07) is 8.83. The van der Waals surface area contributed by atoms with Crippen LogP contribution in [-0.2, 0) is 14.8 Å². The van der Waals surface area contributed by atoms with Gasteiger partial charge in [0.25, 0.3) is 10.0 Å². The Morgan fingerprint density at radius 3 is 2.46 bits per heavy atom. The molecule has 0 unspecified atom stereocenters. The van der Waals surface area contributed by atoms with E-state index < -0.39 is 16.0 Å². The van der Waals surface area contributed by atoms with E-state index in [4.69, 9.17) is 23.2 Å². The number of hydrogen-bond donors (Lipinski definition) is 0. The predicted molar refractivity (Wildman–Crippen MR) is 87.9 cm³/mol. The van der Waals surface area contributed by atoms with E-state index in [9.17, 15) is 13.2 Å². The summed E-state index contributed by atoms with van der Waals surface area (Å²) in [5.74, 6) is -0.861. The van der Waals surface area contributed by atoms with Crippen LogP contribution >= 0.6 is 23.2 Å². The second-order valence-electron chi connectivity index (χ2n) is 4.62. The van der Waals surface area contributed by atoms with E-state index in [0.29, 0.717) is 0 Å². The molecule has 24 heavy (non-hydrogen) atoms. The van der Waals surface area contributed by atoms with E-state index in [2.05, 4.69) is 14.7 Å². The Bertz CT molecular complexity index is 1050. The van der Waals surface area contributed by atoms with Gasteiger partial charge in [-0.15, -0.1) is 0 Å². The van der Waals surface area contributed by atoms with Crippen LogP contribution in [0.3, 0.4) is 0 Å². The van der Waals surface area contributed by atoms with Gasteiger partial charge < -0.3 is 4.74 Å². The largest absolute Gasteiger partial charge is 0.464 e. The number of nitrogens with zero attached hydrogens (tertiary/aromatic N) is 3. The van der Waals surface area contributed by atoms with E-state index in [1.807, 2.05) is 0 Å². The van der Waals surface area contributed by atoms with Crippen LogP contribution in [0.15, 0.2) is 41.3 Å². The van der Waals surface area contributed by atoms with Crippen LogP contribution in [0.4, 0.5) is 0 Å². The van der Waals surface area contributed by atoms with Crippen LogP contribution in [0.2, 0.25) is 10.4 Å². The van der Waals surface area contributed by atoms with Gasteiger partial charge in [0, 0.05) is 0 Å². The van der Waals surface area contributed by atoms with Crippen LogP contribution in [-0.4, -0.2) is 35.4 Å². The molecular weight excluding hydrogens is 377 g/mol. The number of methoxy groups -OCH3 is 1. The normalized spacial score (nSPS) is 11.6. The third kappa shape index (κ3) is 2.62. The average Bonchev–Trinajstić information content (AvgIpc) is 2.95. The minimum absolute atomic E-state index is 0.0292. The summed E-state index contributed by atoms with van der Waals surface area (Å²) in [6.07, 6.45) is 0. The van der Waals surface area contributed by atoms with E-state index >= 15 is 0 Å². The van der Waals surface area contributed by atoms with E-state index in [-0.39, 0.29) is 32.1 Å². The molecule has 1 aromatic carbocycles. The minimum Gasteiger partial charge on any atom is -0.464 e. The van der Waals surface area contributed by atoms with Gasteiger partial charge in [-0.1, -0.05) is 29.8 Å². The SMILES string of the molecule is COC(=O)c1cc2c(Cl)nc(Cl)nc2n1S(=O)(=O)c1ccccc1. The summed E-state index contributed by atoms with van der Waals surface area (Å²) in [5, 5.41) is -0.148. The molecule has 0 fully saturated rings. The van der Waals surface area contributed by atoms with Gasteiger partial charge in [-0.2, -0.15) is 4.98 Å². The van der Waals surface area contributed by atoms with Gasteiger partial charge in [-0.25, -0.2) is 22.2 Å². The van der Waals surface area contributed by atoms with E-state index in [1.165, 1.54) is 18.2 Å². The zero-order chi connectivity index (χ0) is 17.5. The van der Waals surface area contributed by atoms with Gasteiger partial charge >= 0.3 is 5.97 Å². The molecule has 0 saturated heterocycles. The first-order valence-electron chi connectivity index (χ1n) is 6.49. The van der Waals surface area contributed by atoms with Crippen molar-refractivity contribution in [3.8, 4) is 0 Å². The zero-order valence-electron chi connectivity index (χ0n) is 12.1. The van der Waals surface area contributed by atoms with Crippen molar-refractivity contribution in [3.05, 3.63) is 52.5 Å². The molecular formula is C14H9Cl2N3O4S. The summed E-state index contributed by atoms with van der Waals surface area (Å²) in [5.41, 5.74) is -0.362. The van der Waals surface area contributed by atoms with Gasteiger partial charge in [0.2, 0.25) is 5.28 Å². The van der Waals surface area contributed by atoms with Crippen LogP contribution in [0, 0.1) is 0 Å². The lowest BCUT2D eigenvalue weighted by Crippen LogP contribution is -2.19. The fourth-order valence-electron chi connectivity index (χ4n) is 2.18. The average molecular weight is 386 g/mol. The molecule has 0 saturated carbocycles. The summed E-state index contributed by atoms with van der Waals surface area (Å²) < 4.78 is 31.4. The minimum atomic E-state index is -4.13. The van der Waals surface area contributed by atoms with Gasteiger partial charge in [0.05, 0.1) is 17.4 Å². The molecule has 0 aliphatic heterocycles. The van der Waals surface area contributed by atoms with Gasteiger partial charge in [0.1, 0.15) is 10.8 Å². The Labute approximate surface area is 146 Å². The number of aromatic nitrogens is 3. The Balaban J connectivity index is 2.43. The maximum Gasteiger partial charge on any atom is 0.355 e. The molecule has 0 amide bonds. The molecule has 0 aliphatic carbocycles. The van der Waals surface area contributed by atoms with Crippen molar-refractivity contribution in [1.29, 1.82) is 0 Å². The smallest absolute Gasteiger partial charge is 0.355 e. The summed E-state index contributed by atoms with van der Waals surface area (Å²) in [6.45, 7) is 0. The maximum absolute atomic E-state index is 13.0. The van der Waals surface area contributed by atoms with Crippen molar-refractivity contribution < 1.29 is 17.9 Å². The highest BCUT2D eigenvalue weighted by Crippen LogP contribution is 2.29. The number of carbonyl (C=O) groups is 1. The standard InChI is InChI=1S/C14H9Cl2N3O4S/c1-23-13(20)10-7-9-11(15)17-14(16)18-12(9)19(10)24(21,22)8-5-3-2-4-6-8/h2-7H,1H3. The second kappa shape index (κ2) is 6.04. The molecule has 7 nitrogen and oxygen atoms in total. The second-order valence-corrected chi connectivity index (χ2v) is 7.11. The molecule has 124 valence electrons. The molecule has 0 spiro atoms. The van der Waals surface area contributed by atoms with Crippen LogP contribution in [0.1, 0.15) is 10.5 Å². The summed E-state index contributed by atoms with van der Waals surface area (Å²) in [7, 11) is -2.99. The number of benzene rings is 1. The van der Waals surface area contributed by atoms with Crippen molar-refractivity contribution in [2.45, 2.75) is 4.90 Å².